The summed E-state index contributed by atoms with van der Waals surface area (Å²) in [5.41, 5.74) is 3.36. The fourth-order valence-electron chi connectivity index (χ4n) is 3.51. The highest BCUT2D eigenvalue weighted by Crippen LogP contribution is 2.37. The number of rotatable bonds is 3. The van der Waals surface area contributed by atoms with E-state index in [0.717, 1.165) is 40.7 Å². The number of sulfonamides is 1. The quantitative estimate of drug-likeness (QED) is 0.826. The van der Waals surface area contributed by atoms with Gasteiger partial charge in [-0.3, -0.25) is 9.52 Å². The highest BCUT2D eigenvalue weighted by Gasteiger charge is 2.31. The lowest BCUT2D eigenvalue weighted by Gasteiger charge is -2.35. The molecule has 130 valence electrons. The number of anilines is 2. The van der Waals surface area contributed by atoms with Gasteiger partial charge in [0.05, 0.1) is 10.6 Å². The zero-order valence-electron chi connectivity index (χ0n) is 13.5. The van der Waals surface area contributed by atoms with Gasteiger partial charge in [-0.25, -0.2) is 8.42 Å². The summed E-state index contributed by atoms with van der Waals surface area (Å²) in [4.78, 5) is 14.2. The van der Waals surface area contributed by atoms with Gasteiger partial charge in [0.15, 0.2) is 0 Å². The summed E-state index contributed by atoms with van der Waals surface area (Å²) in [6.07, 6.45) is 2.70. The average molecular weight is 421 g/mol. The number of amides is 1. The maximum Gasteiger partial charge on any atom is 0.261 e. The van der Waals surface area contributed by atoms with Crippen molar-refractivity contribution in [2.45, 2.75) is 30.6 Å². The van der Waals surface area contributed by atoms with Gasteiger partial charge in [0.2, 0.25) is 5.91 Å². The van der Waals surface area contributed by atoms with Gasteiger partial charge >= 0.3 is 0 Å². The molecule has 2 aromatic rings. The third kappa shape index (κ3) is 3.06. The monoisotopic (exact) mass is 420 g/mol. The molecule has 0 aliphatic carbocycles. The van der Waals surface area contributed by atoms with Gasteiger partial charge in [-0.2, -0.15) is 0 Å². The first-order chi connectivity index (χ1) is 11.9. The number of nitrogens with zero attached hydrogens (tertiary/aromatic N) is 1. The lowest BCUT2D eigenvalue weighted by Crippen LogP contribution is -2.39. The van der Waals surface area contributed by atoms with Crippen LogP contribution in [0.4, 0.5) is 11.4 Å². The molecule has 0 atom stereocenters. The van der Waals surface area contributed by atoms with Gasteiger partial charge < -0.3 is 4.90 Å². The van der Waals surface area contributed by atoms with E-state index in [1.165, 1.54) is 0 Å². The summed E-state index contributed by atoms with van der Waals surface area (Å²) < 4.78 is 29.1. The van der Waals surface area contributed by atoms with E-state index in [0.29, 0.717) is 18.5 Å². The largest absolute Gasteiger partial charge is 0.312 e. The van der Waals surface area contributed by atoms with Gasteiger partial charge in [-0.05, 0) is 66.8 Å². The van der Waals surface area contributed by atoms with Crippen LogP contribution >= 0.6 is 15.9 Å². The molecule has 0 unspecified atom stereocenters. The molecule has 2 aliphatic rings. The second-order valence-electron chi connectivity index (χ2n) is 6.35. The van der Waals surface area contributed by atoms with Gasteiger partial charge in [0.1, 0.15) is 0 Å². The van der Waals surface area contributed by atoms with Crippen LogP contribution in [0, 0.1) is 0 Å². The van der Waals surface area contributed by atoms with E-state index in [1.54, 1.807) is 36.4 Å². The van der Waals surface area contributed by atoms with Crippen LogP contribution in [0.15, 0.2) is 45.8 Å². The van der Waals surface area contributed by atoms with Crippen molar-refractivity contribution in [3.05, 3.63) is 52.0 Å². The number of hydrogen-bond donors (Lipinski definition) is 1. The molecular formula is C18H17BrN2O3S. The van der Waals surface area contributed by atoms with Crippen LogP contribution in [0.1, 0.15) is 24.0 Å². The van der Waals surface area contributed by atoms with Crippen LogP contribution in [0.3, 0.4) is 0 Å². The summed E-state index contributed by atoms with van der Waals surface area (Å²) in [5.74, 6) is 0.136. The van der Waals surface area contributed by atoms with Crippen LogP contribution in [0.25, 0.3) is 0 Å². The molecule has 0 bridgehead atoms. The van der Waals surface area contributed by atoms with Crippen LogP contribution < -0.4 is 9.62 Å². The van der Waals surface area contributed by atoms with Crippen molar-refractivity contribution in [3.63, 3.8) is 0 Å². The molecule has 0 saturated heterocycles. The fraction of sp³-hybridized carbons (Fsp3) is 0.278. The molecule has 0 aromatic heterocycles. The summed E-state index contributed by atoms with van der Waals surface area (Å²) in [6, 6.07) is 10.4. The lowest BCUT2D eigenvalue weighted by atomic mass is 9.92. The van der Waals surface area contributed by atoms with Crippen molar-refractivity contribution in [2.24, 2.45) is 0 Å². The number of nitrogens with one attached hydrogen (secondary N) is 1. The van der Waals surface area contributed by atoms with E-state index in [9.17, 15) is 13.2 Å². The average Bonchev–Trinajstić information content (AvgIpc) is 2.60. The number of benzene rings is 2. The zero-order valence-corrected chi connectivity index (χ0v) is 15.9. The number of halogens is 1. The maximum absolute atomic E-state index is 12.8. The normalized spacial score (nSPS) is 16.5. The second kappa shape index (κ2) is 6.14. The Bertz CT molecular complexity index is 938. The number of carbonyl (C=O) groups is 1. The molecule has 2 aromatic carbocycles. The minimum absolute atomic E-state index is 0.136. The van der Waals surface area contributed by atoms with Crippen molar-refractivity contribution in [1.82, 2.24) is 0 Å². The maximum atomic E-state index is 12.8. The first-order valence-electron chi connectivity index (χ1n) is 8.18. The summed E-state index contributed by atoms with van der Waals surface area (Å²) in [6.45, 7) is 0.724. The predicted octanol–water partition coefficient (Wildman–Crippen LogP) is 3.48. The standard InChI is InChI=1S/C18H17BrN2O3S/c19-14-4-6-15(7-5-14)20-25(23,24)16-10-12-2-1-9-21-17(22)8-3-13(11-16)18(12)21/h4-7,10-11,20H,1-3,8-9H2. The molecule has 1 amide bonds. The van der Waals surface area contributed by atoms with E-state index in [-0.39, 0.29) is 10.8 Å². The molecule has 4 rings (SSSR count). The molecule has 25 heavy (non-hydrogen) atoms. The third-order valence-corrected chi connectivity index (χ3v) is 6.54. The molecule has 5 nitrogen and oxygen atoms in total. The van der Waals surface area contributed by atoms with E-state index >= 15 is 0 Å². The Kier molecular flexibility index (Phi) is 4.08. The molecule has 0 fully saturated rings. The Morgan fingerprint density at radius 1 is 1.00 bits per heavy atom. The van der Waals surface area contributed by atoms with E-state index < -0.39 is 10.0 Å². The second-order valence-corrected chi connectivity index (χ2v) is 8.95. The number of carbonyl (C=O) groups excluding carboxylic acids is 1. The Labute approximate surface area is 155 Å². The smallest absolute Gasteiger partial charge is 0.261 e. The van der Waals surface area contributed by atoms with Gasteiger partial charge in [-0.15, -0.1) is 0 Å². The molecule has 0 saturated carbocycles. The molecule has 7 heteroatoms. The van der Waals surface area contributed by atoms with Crippen molar-refractivity contribution in [2.75, 3.05) is 16.2 Å². The minimum atomic E-state index is -3.67. The van der Waals surface area contributed by atoms with E-state index in [4.69, 9.17) is 0 Å². The summed E-state index contributed by atoms with van der Waals surface area (Å²) in [7, 11) is -3.67. The van der Waals surface area contributed by atoms with Crippen LogP contribution in [0.2, 0.25) is 0 Å². The Morgan fingerprint density at radius 3 is 2.40 bits per heavy atom. The van der Waals surface area contributed by atoms with Gasteiger partial charge in [-0.1, -0.05) is 15.9 Å². The first kappa shape index (κ1) is 16.6. The van der Waals surface area contributed by atoms with Crippen molar-refractivity contribution < 1.29 is 13.2 Å². The molecular weight excluding hydrogens is 404 g/mol. The Balaban J connectivity index is 1.73. The van der Waals surface area contributed by atoms with Crippen molar-refractivity contribution in [3.8, 4) is 0 Å². The molecule has 2 heterocycles. The highest BCUT2D eigenvalue weighted by molar-refractivity contribution is 9.10. The summed E-state index contributed by atoms with van der Waals surface area (Å²) in [5, 5.41) is 0. The van der Waals surface area contributed by atoms with E-state index in [2.05, 4.69) is 20.7 Å². The Morgan fingerprint density at radius 2 is 1.68 bits per heavy atom. The third-order valence-electron chi connectivity index (χ3n) is 4.66. The van der Waals surface area contributed by atoms with Gasteiger partial charge in [0.25, 0.3) is 10.0 Å². The zero-order chi connectivity index (χ0) is 17.6. The van der Waals surface area contributed by atoms with Crippen LogP contribution in [0.5, 0.6) is 0 Å². The van der Waals surface area contributed by atoms with Crippen molar-refractivity contribution in [1.29, 1.82) is 0 Å². The minimum Gasteiger partial charge on any atom is -0.312 e. The van der Waals surface area contributed by atoms with Crippen LogP contribution in [-0.4, -0.2) is 20.9 Å². The fourth-order valence-corrected chi connectivity index (χ4v) is 4.93. The summed E-state index contributed by atoms with van der Waals surface area (Å²) >= 11 is 3.34. The predicted molar refractivity (Wildman–Crippen MR) is 100 cm³/mol. The molecule has 0 spiro atoms. The first-order valence-corrected chi connectivity index (χ1v) is 10.5. The molecule has 2 aliphatic heterocycles. The van der Waals surface area contributed by atoms with Crippen LogP contribution in [-0.2, 0) is 27.7 Å². The van der Waals surface area contributed by atoms with Gasteiger partial charge in [0, 0.05) is 23.1 Å². The number of hydrogen-bond acceptors (Lipinski definition) is 3. The number of aryl methyl sites for hydroxylation is 2. The topological polar surface area (TPSA) is 66.5 Å². The highest BCUT2D eigenvalue weighted by atomic mass is 79.9. The van der Waals surface area contributed by atoms with E-state index in [1.807, 2.05) is 4.90 Å². The lowest BCUT2D eigenvalue weighted by molar-refractivity contribution is -0.119. The van der Waals surface area contributed by atoms with Crippen molar-refractivity contribution >= 4 is 43.2 Å². The molecule has 0 radical (unpaired) electrons. The SMILES string of the molecule is O=C1CCc2cc(S(=O)(=O)Nc3ccc(Br)cc3)cc3c2N1CCC3. The molecule has 1 N–H and O–H groups in total. The Hall–Kier alpha value is -1.86.